The predicted molar refractivity (Wildman–Crippen MR) is 123 cm³/mol. The summed E-state index contributed by atoms with van der Waals surface area (Å²) in [7, 11) is 1.63. The third-order valence-corrected chi connectivity index (χ3v) is 6.74. The van der Waals surface area contributed by atoms with Gasteiger partial charge in [-0.15, -0.1) is 0 Å². The molecule has 0 bridgehead atoms. The molecule has 0 aliphatic carbocycles. The molecule has 28 heavy (non-hydrogen) atoms. The minimum Gasteiger partial charge on any atom is -0.493 e. The molecule has 2 aromatic carbocycles. The largest absolute Gasteiger partial charge is 0.493 e. The van der Waals surface area contributed by atoms with Gasteiger partial charge in [-0.3, -0.25) is 0 Å². The highest BCUT2D eigenvalue weighted by molar-refractivity contribution is 9.10. The summed E-state index contributed by atoms with van der Waals surface area (Å²) in [6.45, 7) is 4.63. The fraction of sp³-hybridized carbons (Fsp3) is 0.381. The van der Waals surface area contributed by atoms with Gasteiger partial charge in [0.1, 0.15) is 11.6 Å². The minimum atomic E-state index is 0.347. The van der Waals surface area contributed by atoms with Crippen molar-refractivity contribution in [2.75, 3.05) is 20.2 Å². The fourth-order valence-corrected chi connectivity index (χ4v) is 4.34. The fourth-order valence-electron chi connectivity index (χ4n) is 3.16. The molecule has 3 nitrogen and oxygen atoms in total. The predicted octanol–water partition coefficient (Wildman–Crippen LogP) is 6.75. The lowest BCUT2D eigenvalue weighted by atomic mass is 9.99. The van der Waals surface area contributed by atoms with E-state index in [0.717, 1.165) is 39.6 Å². The number of likely N-dealkylation sites (tertiary alicyclic amines) is 1. The minimum absolute atomic E-state index is 0.347. The van der Waals surface area contributed by atoms with E-state index in [9.17, 15) is 0 Å². The van der Waals surface area contributed by atoms with Crippen molar-refractivity contribution in [2.24, 2.45) is 5.92 Å². The molecular formula is C21H22BrCl2NO2S. The van der Waals surface area contributed by atoms with Gasteiger partial charge in [-0.2, -0.15) is 0 Å². The van der Waals surface area contributed by atoms with Crippen LogP contribution in [0, 0.1) is 5.92 Å². The topological polar surface area (TPSA) is 21.7 Å². The van der Waals surface area contributed by atoms with Crippen LogP contribution < -0.4 is 9.47 Å². The highest BCUT2D eigenvalue weighted by atomic mass is 79.9. The number of thiocarbonyl (C=S) groups is 1. The third kappa shape index (κ3) is 5.12. The monoisotopic (exact) mass is 501 g/mol. The van der Waals surface area contributed by atoms with Gasteiger partial charge >= 0.3 is 0 Å². The standard InChI is InChI=1S/C21H22BrCl2NO2S/c1-13-5-7-25(8-6-13)21(28)15-10-16(22)20(19(11-15)26-2)27-12-14-3-4-17(23)18(24)9-14/h3-4,9-11,13H,5-8,12H2,1-2H3. The van der Waals surface area contributed by atoms with Gasteiger partial charge in [0.15, 0.2) is 11.5 Å². The number of rotatable bonds is 5. The molecule has 0 saturated carbocycles. The van der Waals surface area contributed by atoms with Crippen molar-refractivity contribution in [3.63, 3.8) is 0 Å². The van der Waals surface area contributed by atoms with Gasteiger partial charge < -0.3 is 14.4 Å². The Morgan fingerprint density at radius 2 is 1.89 bits per heavy atom. The molecule has 0 radical (unpaired) electrons. The summed E-state index contributed by atoms with van der Waals surface area (Å²) < 4.78 is 12.4. The van der Waals surface area contributed by atoms with E-state index in [2.05, 4.69) is 27.8 Å². The Morgan fingerprint density at radius 3 is 2.54 bits per heavy atom. The molecule has 2 aromatic rings. The summed E-state index contributed by atoms with van der Waals surface area (Å²) in [6.07, 6.45) is 2.34. The molecule has 0 N–H and O–H groups in total. The Morgan fingerprint density at radius 1 is 1.18 bits per heavy atom. The van der Waals surface area contributed by atoms with Crippen LogP contribution in [0.2, 0.25) is 10.0 Å². The molecular weight excluding hydrogens is 481 g/mol. The van der Waals surface area contributed by atoms with Gasteiger partial charge in [-0.1, -0.05) is 48.4 Å². The maximum Gasteiger partial charge on any atom is 0.175 e. The molecule has 150 valence electrons. The van der Waals surface area contributed by atoms with Crippen molar-refractivity contribution < 1.29 is 9.47 Å². The quantitative estimate of drug-likeness (QED) is 0.421. The number of ether oxygens (including phenoxy) is 2. The van der Waals surface area contributed by atoms with Gasteiger partial charge in [0.2, 0.25) is 0 Å². The van der Waals surface area contributed by atoms with E-state index in [-0.39, 0.29) is 0 Å². The van der Waals surface area contributed by atoms with Gasteiger partial charge in [0.25, 0.3) is 0 Å². The first-order chi connectivity index (χ1) is 13.4. The number of halogens is 3. The zero-order valence-corrected chi connectivity index (χ0v) is 19.7. The zero-order valence-electron chi connectivity index (χ0n) is 15.8. The van der Waals surface area contributed by atoms with Crippen molar-refractivity contribution in [3.05, 3.63) is 56.0 Å². The Labute approximate surface area is 190 Å². The number of hydrogen-bond donors (Lipinski definition) is 0. The molecule has 0 unspecified atom stereocenters. The number of nitrogens with zero attached hydrogens (tertiary/aromatic N) is 1. The molecule has 1 aliphatic rings. The van der Waals surface area contributed by atoms with Gasteiger partial charge in [0.05, 0.1) is 21.6 Å². The van der Waals surface area contributed by atoms with E-state index in [1.807, 2.05) is 18.2 Å². The summed E-state index contributed by atoms with van der Waals surface area (Å²) in [5.41, 5.74) is 1.88. The van der Waals surface area contributed by atoms with Crippen molar-refractivity contribution in [1.29, 1.82) is 0 Å². The maximum absolute atomic E-state index is 6.08. The molecule has 0 amide bonds. The first-order valence-corrected chi connectivity index (χ1v) is 11.1. The van der Waals surface area contributed by atoms with Crippen LogP contribution in [0.5, 0.6) is 11.5 Å². The average Bonchev–Trinajstić information content (AvgIpc) is 2.69. The highest BCUT2D eigenvalue weighted by Crippen LogP contribution is 2.38. The summed E-state index contributed by atoms with van der Waals surface area (Å²) >= 11 is 21.4. The van der Waals surface area contributed by atoms with Crippen molar-refractivity contribution in [3.8, 4) is 11.5 Å². The SMILES string of the molecule is COc1cc(C(=S)N2CCC(C)CC2)cc(Br)c1OCc1ccc(Cl)c(Cl)c1. The molecule has 1 aliphatic heterocycles. The average molecular weight is 503 g/mol. The molecule has 7 heteroatoms. The zero-order chi connectivity index (χ0) is 20.3. The lowest BCUT2D eigenvalue weighted by Crippen LogP contribution is -2.37. The van der Waals surface area contributed by atoms with Crippen molar-refractivity contribution in [1.82, 2.24) is 4.90 Å². The Hall–Kier alpha value is -1.01. The Bertz CT molecular complexity index is 870. The molecule has 0 aromatic heterocycles. The van der Waals surface area contributed by atoms with Gasteiger partial charge in [-0.25, -0.2) is 0 Å². The van der Waals surface area contributed by atoms with Crippen LogP contribution in [0.15, 0.2) is 34.8 Å². The molecule has 1 fully saturated rings. The molecule has 0 spiro atoms. The van der Waals surface area contributed by atoms with E-state index in [0.29, 0.717) is 28.2 Å². The maximum atomic E-state index is 6.08. The Balaban J connectivity index is 1.77. The highest BCUT2D eigenvalue weighted by Gasteiger charge is 2.21. The van der Waals surface area contributed by atoms with E-state index in [4.69, 9.17) is 44.9 Å². The summed E-state index contributed by atoms with van der Waals surface area (Å²) in [5, 5.41) is 1.03. The summed E-state index contributed by atoms with van der Waals surface area (Å²) in [5.74, 6) is 2.03. The van der Waals surface area contributed by atoms with Gasteiger partial charge in [-0.05, 0) is 64.5 Å². The molecule has 0 atom stereocenters. The van der Waals surface area contributed by atoms with Crippen LogP contribution in [0.25, 0.3) is 0 Å². The first-order valence-electron chi connectivity index (χ1n) is 9.12. The number of benzene rings is 2. The Kier molecular flexibility index (Phi) is 7.48. The van der Waals surface area contributed by atoms with Crippen LogP contribution in [0.3, 0.4) is 0 Å². The van der Waals surface area contributed by atoms with Crippen LogP contribution in [-0.4, -0.2) is 30.1 Å². The summed E-state index contributed by atoms with van der Waals surface area (Å²) in [6, 6.07) is 9.37. The van der Waals surface area contributed by atoms with E-state index < -0.39 is 0 Å². The first kappa shape index (κ1) is 21.7. The van der Waals surface area contributed by atoms with E-state index in [1.165, 1.54) is 12.8 Å². The second-order valence-corrected chi connectivity index (χ2v) is 9.06. The normalized spacial score (nSPS) is 14.8. The van der Waals surface area contributed by atoms with Crippen LogP contribution in [-0.2, 0) is 6.61 Å². The number of hydrogen-bond acceptors (Lipinski definition) is 3. The lowest BCUT2D eigenvalue weighted by molar-refractivity contribution is 0.281. The third-order valence-electron chi connectivity index (χ3n) is 4.91. The number of methoxy groups -OCH3 is 1. The second kappa shape index (κ2) is 9.66. The number of piperidine rings is 1. The van der Waals surface area contributed by atoms with E-state index >= 15 is 0 Å². The molecule has 1 heterocycles. The van der Waals surface area contributed by atoms with Crippen molar-refractivity contribution in [2.45, 2.75) is 26.4 Å². The van der Waals surface area contributed by atoms with E-state index in [1.54, 1.807) is 19.2 Å². The summed E-state index contributed by atoms with van der Waals surface area (Å²) in [4.78, 5) is 3.12. The second-order valence-electron chi connectivity index (χ2n) is 7.00. The molecule has 1 saturated heterocycles. The van der Waals surface area contributed by atoms with Gasteiger partial charge in [0, 0.05) is 18.7 Å². The van der Waals surface area contributed by atoms with Crippen LogP contribution in [0.4, 0.5) is 0 Å². The van der Waals surface area contributed by atoms with Crippen LogP contribution >= 0.6 is 51.3 Å². The van der Waals surface area contributed by atoms with Crippen LogP contribution in [0.1, 0.15) is 30.9 Å². The molecule has 3 rings (SSSR count). The smallest absolute Gasteiger partial charge is 0.175 e. The lowest BCUT2D eigenvalue weighted by Gasteiger charge is -2.32. The van der Waals surface area contributed by atoms with Crippen molar-refractivity contribution >= 4 is 56.3 Å².